The summed E-state index contributed by atoms with van der Waals surface area (Å²) in [6, 6.07) is 0. The number of methoxy groups -OCH3 is 1. The summed E-state index contributed by atoms with van der Waals surface area (Å²) in [6.45, 7) is 1.86. The van der Waals surface area contributed by atoms with Gasteiger partial charge in [-0.15, -0.1) is 11.3 Å². The summed E-state index contributed by atoms with van der Waals surface area (Å²) < 4.78 is 22.3. The van der Waals surface area contributed by atoms with Crippen molar-refractivity contribution in [2.75, 3.05) is 7.11 Å². The molecule has 0 saturated carbocycles. The highest BCUT2D eigenvalue weighted by molar-refractivity contribution is 7.88. The zero-order valence-corrected chi connectivity index (χ0v) is 10.7. The molecule has 2 heterocycles. The Labute approximate surface area is 105 Å². The second-order valence-electron chi connectivity index (χ2n) is 3.12. The van der Waals surface area contributed by atoms with Crippen molar-refractivity contribution in [1.29, 1.82) is 0 Å². The average molecular weight is 271 g/mol. The monoisotopic (exact) mass is 271 g/mol. The molecule has 1 aromatic heterocycles. The van der Waals surface area contributed by atoms with Gasteiger partial charge >= 0.3 is 5.97 Å². The first-order valence-corrected chi connectivity index (χ1v) is 6.52. The molecule has 1 aliphatic heterocycles. The summed E-state index contributed by atoms with van der Waals surface area (Å²) in [5.74, 6) is -0.577. The first kappa shape index (κ1) is 12.1. The normalized spacial score (nSPS) is 19.1. The van der Waals surface area contributed by atoms with Crippen LogP contribution >= 0.6 is 11.3 Å². The van der Waals surface area contributed by atoms with Crippen molar-refractivity contribution in [3.8, 4) is 0 Å². The molecule has 1 aliphatic rings. The highest BCUT2D eigenvalue weighted by Gasteiger charge is 2.24. The molecule has 1 N–H and O–H groups in total. The van der Waals surface area contributed by atoms with E-state index in [0.717, 1.165) is 9.88 Å². The number of aryl methyl sites for hydroxylation is 1. The van der Waals surface area contributed by atoms with Gasteiger partial charge in [-0.25, -0.2) is 9.78 Å². The van der Waals surface area contributed by atoms with Crippen LogP contribution in [0.25, 0.3) is 0 Å². The fraction of sp³-hybridized carbons (Fsp3) is 0.222. The van der Waals surface area contributed by atoms with Crippen LogP contribution in [0.2, 0.25) is 0 Å². The highest BCUT2D eigenvalue weighted by atomic mass is 32.2. The molecular formula is C9H9N3O3S2. The number of hydrogen-bond acceptors (Lipinski definition) is 7. The molecule has 0 radical (unpaired) electrons. The minimum atomic E-state index is -1.67. The Morgan fingerprint density at radius 1 is 1.65 bits per heavy atom. The van der Waals surface area contributed by atoms with Crippen molar-refractivity contribution < 1.29 is 14.1 Å². The van der Waals surface area contributed by atoms with Crippen LogP contribution in [0.3, 0.4) is 0 Å². The number of hydrogen-bond donors (Lipinski definition) is 1. The van der Waals surface area contributed by atoms with Gasteiger partial charge in [-0.1, -0.05) is 0 Å². The number of nitrogens with zero attached hydrogens (tertiary/aromatic N) is 2. The second kappa shape index (κ2) is 4.86. The van der Waals surface area contributed by atoms with E-state index in [-0.39, 0.29) is 5.70 Å². The number of thiazole rings is 1. The predicted octanol–water partition coefficient (Wildman–Crippen LogP) is 0.479. The molecule has 8 heteroatoms. The van der Waals surface area contributed by atoms with Gasteiger partial charge in [0.15, 0.2) is 5.70 Å². The third-order valence-electron chi connectivity index (χ3n) is 1.94. The molecule has 0 aromatic carbocycles. The number of carbonyl (C=O) groups is 1. The summed E-state index contributed by atoms with van der Waals surface area (Å²) >= 11 is -0.249. The largest absolute Gasteiger partial charge is 0.567 e. The molecule has 0 spiro atoms. The maximum atomic E-state index is 11.4. The maximum Gasteiger partial charge on any atom is 0.358 e. The molecule has 0 fully saturated rings. The Hall–Kier alpha value is -1.38. The zero-order chi connectivity index (χ0) is 12.4. The number of aromatic nitrogens is 1. The minimum Gasteiger partial charge on any atom is -0.567 e. The molecule has 6 nitrogen and oxygen atoms in total. The van der Waals surface area contributed by atoms with Gasteiger partial charge < -0.3 is 9.29 Å². The van der Waals surface area contributed by atoms with Crippen LogP contribution in [0.5, 0.6) is 0 Å². The predicted molar refractivity (Wildman–Crippen MR) is 64.8 cm³/mol. The summed E-state index contributed by atoms with van der Waals surface area (Å²) in [5, 5.41) is 0.875. The molecule has 17 heavy (non-hydrogen) atoms. The van der Waals surface area contributed by atoms with Crippen molar-refractivity contribution >= 4 is 34.6 Å². The SMILES string of the molecule is COC(=O)C1=CC(c2cnc(C)s2)=N[S+]([O-])N1. The molecule has 0 amide bonds. The summed E-state index contributed by atoms with van der Waals surface area (Å²) in [4.78, 5) is 16.2. The van der Waals surface area contributed by atoms with Crippen LogP contribution in [0.4, 0.5) is 0 Å². The molecule has 2 rings (SSSR count). The third kappa shape index (κ3) is 2.65. The molecule has 90 valence electrons. The Morgan fingerprint density at radius 2 is 2.41 bits per heavy atom. The first-order chi connectivity index (χ1) is 8.10. The number of carbonyl (C=O) groups excluding carboxylic acids is 1. The lowest BCUT2D eigenvalue weighted by Gasteiger charge is -2.12. The fourth-order valence-electron chi connectivity index (χ4n) is 1.21. The number of ether oxygens (including phenoxy) is 1. The van der Waals surface area contributed by atoms with Crippen LogP contribution in [0.1, 0.15) is 9.88 Å². The van der Waals surface area contributed by atoms with Gasteiger partial charge in [-0.2, -0.15) is 4.72 Å². The standard InChI is InChI=1S/C9H9N3O3S2/c1-5-10-4-8(16-5)6-3-7(9(13)15-2)12-17(14)11-6/h3-4,12H,1-2H3. The van der Waals surface area contributed by atoms with Gasteiger partial charge in [-0.3, -0.25) is 0 Å². The molecule has 1 unspecified atom stereocenters. The smallest absolute Gasteiger partial charge is 0.358 e. The highest BCUT2D eigenvalue weighted by Crippen LogP contribution is 2.18. The molecule has 0 aliphatic carbocycles. The number of allylic oxidation sites excluding steroid dienone is 1. The zero-order valence-electron chi connectivity index (χ0n) is 9.09. The van der Waals surface area contributed by atoms with Crippen molar-refractivity contribution in [2.24, 2.45) is 4.40 Å². The van der Waals surface area contributed by atoms with E-state index in [4.69, 9.17) is 0 Å². The fourth-order valence-corrected chi connectivity index (χ4v) is 2.71. The first-order valence-electron chi connectivity index (χ1n) is 4.60. The van der Waals surface area contributed by atoms with Crippen LogP contribution in [-0.2, 0) is 21.1 Å². The topological polar surface area (TPSA) is 86.6 Å². The van der Waals surface area contributed by atoms with E-state index < -0.39 is 17.5 Å². The van der Waals surface area contributed by atoms with Gasteiger partial charge in [0.05, 0.1) is 17.0 Å². The van der Waals surface area contributed by atoms with Gasteiger partial charge in [-0.05, 0) is 11.3 Å². The Morgan fingerprint density at radius 3 is 3.00 bits per heavy atom. The van der Waals surface area contributed by atoms with Crippen molar-refractivity contribution in [2.45, 2.75) is 6.92 Å². The van der Waals surface area contributed by atoms with Crippen LogP contribution in [0, 0.1) is 6.92 Å². The van der Waals surface area contributed by atoms with E-state index in [9.17, 15) is 9.35 Å². The number of esters is 1. The third-order valence-corrected chi connectivity index (χ3v) is 3.63. The van der Waals surface area contributed by atoms with Crippen molar-refractivity contribution in [3.63, 3.8) is 0 Å². The van der Waals surface area contributed by atoms with E-state index in [0.29, 0.717) is 5.71 Å². The van der Waals surface area contributed by atoms with Crippen molar-refractivity contribution in [3.05, 3.63) is 27.9 Å². The van der Waals surface area contributed by atoms with Gasteiger partial charge in [0.25, 0.3) is 0 Å². The Kier molecular flexibility index (Phi) is 3.46. The summed E-state index contributed by atoms with van der Waals surface area (Å²) in [5.41, 5.74) is 0.593. The van der Waals surface area contributed by atoms with E-state index in [1.165, 1.54) is 24.5 Å². The molecule has 1 atom stereocenters. The van der Waals surface area contributed by atoms with Crippen molar-refractivity contribution in [1.82, 2.24) is 9.71 Å². The number of nitrogens with one attached hydrogen (secondary N) is 1. The second-order valence-corrected chi connectivity index (χ2v) is 5.24. The molecule has 0 saturated heterocycles. The quantitative estimate of drug-likeness (QED) is 0.624. The molecular weight excluding hydrogens is 262 g/mol. The summed E-state index contributed by atoms with van der Waals surface area (Å²) in [6.07, 6.45) is 3.13. The maximum absolute atomic E-state index is 11.4. The van der Waals surface area contributed by atoms with Gasteiger partial charge in [0, 0.05) is 12.3 Å². The summed E-state index contributed by atoms with van der Waals surface area (Å²) in [7, 11) is 1.26. The lowest BCUT2D eigenvalue weighted by molar-refractivity contribution is -0.136. The van der Waals surface area contributed by atoms with E-state index in [1.807, 2.05) is 6.92 Å². The Balaban J connectivity index is 2.33. The Bertz CT molecular complexity index is 509. The lowest BCUT2D eigenvalue weighted by atomic mass is 10.2. The van der Waals surface area contributed by atoms with Gasteiger partial charge in [0.1, 0.15) is 5.71 Å². The molecule has 1 aromatic rings. The van der Waals surface area contributed by atoms with E-state index in [1.54, 1.807) is 6.20 Å². The van der Waals surface area contributed by atoms with Crippen LogP contribution in [0.15, 0.2) is 22.4 Å². The minimum absolute atomic E-state index is 0.127. The van der Waals surface area contributed by atoms with E-state index >= 15 is 0 Å². The van der Waals surface area contributed by atoms with Crippen LogP contribution < -0.4 is 4.72 Å². The van der Waals surface area contributed by atoms with Crippen LogP contribution in [-0.4, -0.2) is 28.3 Å². The van der Waals surface area contributed by atoms with Gasteiger partial charge in [0.2, 0.25) is 11.5 Å². The average Bonchev–Trinajstić information content (AvgIpc) is 2.74. The molecule has 0 bridgehead atoms. The number of rotatable bonds is 2. The lowest BCUT2D eigenvalue weighted by Crippen LogP contribution is -2.31. The van der Waals surface area contributed by atoms with E-state index in [2.05, 4.69) is 18.8 Å².